The molecular formula is C16H11FN4O. The second kappa shape index (κ2) is 4.77. The zero-order chi connectivity index (χ0) is 15.1. The molecule has 2 heterocycles. The maximum absolute atomic E-state index is 13.8. The van der Waals surface area contributed by atoms with Crippen molar-refractivity contribution in [1.29, 1.82) is 0 Å². The van der Waals surface area contributed by atoms with Gasteiger partial charge >= 0.3 is 0 Å². The maximum atomic E-state index is 13.8. The van der Waals surface area contributed by atoms with E-state index in [1.165, 1.54) is 13.2 Å². The fraction of sp³-hybridized carbons (Fsp3) is 0.0625. The van der Waals surface area contributed by atoms with E-state index in [0.717, 1.165) is 10.9 Å². The van der Waals surface area contributed by atoms with Crippen molar-refractivity contribution in [2.45, 2.75) is 0 Å². The van der Waals surface area contributed by atoms with Gasteiger partial charge in [0.15, 0.2) is 23.0 Å². The first kappa shape index (κ1) is 12.7. The summed E-state index contributed by atoms with van der Waals surface area (Å²) >= 11 is 0. The first-order chi connectivity index (χ1) is 10.8. The summed E-state index contributed by atoms with van der Waals surface area (Å²) in [6.45, 7) is 0. The van der Waals surface area contributed by atoms with Crippen LogP contribution in [0.5, 0.6) is 5.75 Å². The molecule has 0 N–H and O–H groups in total. The second-order valence-electron chi connectivity index (χ2n) is 4.81. The SMILES string of the molecule is COc1ccc(-c2nc3c4ccccc4ncn3n2)cc1F. The van der Waals surface area contributed by atoms with Gasteiger partial charge in [-0.15, -0.1) is 5.10 Å². The van der Waals surface area contributed by atoms with E-state index < -0.39 is 5.82 Å². The molecule has 0 spiro atoms. The predicted molar refractivity (Wildman–Crippen MR) is 80.2 cm³/mol. The molecule has 0 radical (unpaired) electrons. The lowest BCUT2D eigenvalue weighted by molar-refractivity contribution is 0.386. The van der Waals surface area contributed by atoms with Crippen molar-refractivity contribution in [3.8, 4) is 17.1 Å². The molecule has 0 aliphatic rings. The molecule has 4 aromatic rings. The molecule has 0 fully saturated rings. The minimum absolute atomic E-state index is 0.194. The number of para-hydroxylation sites is 1. The Morgan fingerprint density at radius 2 is 2.00 bits per heavy atom. The largest absolute Gasteiger partial charge is 0.494 e. The van der Waals surface area contributed by atoms with Gasteiger partial charge in [0.2, 0.25) is 0 Å². The fourth-order valence-electron chi connectivity index (χ4n) is 2.41. The Labute approximate surface area is 125 Å². The van der Waals surface area contributed by atoms with Crippen LogP contribution in [-0.4, -0.2) is 26.7 Å². The van der Waals surface area contributed by atoms with E-state index in [0.29, 0.717) is 17.0 Å². The quantitative estimate of drug-likeness (QED) is 0.570. The summed E-state index contributed by atoms with van der Waals surface area (Å²) < 4.78 is 20.4. The molecular weight excluding hydrogens is 283 g/mol. The van der Waals surface area contributed by atoms with E-state index in [9.17, 15) is 4.39 Å². The summed E-state index contributed by atoms with van der Waals surface area (Å²) in [5.41, 5.74) is 2.12. The number of methoxy groups -OCH3 is 1. The normalized spacial score (nSPS) is 11.2. The van der Waals surface area contributed by atoms with Crippen molar-refractivity contribution in [3.63, 3.8) is 0 Å². The lowest BCUT2D eigenvalue weighted by Gasteiger charge is -2.02. The Kier molecular flexibility index (Phi) is 2.75. The van der Waals surface area contributed by atoms with E-state index in [1.807, 2.05) is 24.3 Å². The molecule has 108 valence electrons. The van der Waals surface area contributed by atoms with Gasteiger partial charge in [-0.05, 0) is 30.3 Å². The molecule has 4 rings (SSSR count). The summed E-state index contributed by atoms with van der Waals surface area (Å²) in [7, 11) is 1.43. The highest BCUT2D eigenvalue weighted by molar-refractivity contribution is 5.91. The second-order valence-corrected chi connectivity index (χ2v) is 4.81. The Hall–Kier alpha value is -3.02. The average molecular weight is 294 g/mol. The van der Waals surface area contributed by atoms with E-state index in [2.05, 4.69) is 15.1 Å². The van der Waals surface area contributed by atoms with Gasteiger partial charge in [0, 0.05) is 10.9 Å². The average Bonchev–Trinajstić information content (AvgIpc) is 2.99. The Morgan fingerprint density at radius 1 is 1.14 bits per heavy atom. The number of halogens is 1. The van der Waals surface area contributed by atoms with Crippen LogP contribution in [0.25, 0.3) is 27.9 Å². The third kappa shape index (κ3) is 1.88. The molecule has 0 aliphatic heterocycles. The minimum atomic E-state index is -0.443. The zero-order valence-corrected chi connectivity index (χ0v) is 11.7. The Bertz CT molecular complexity index is 996. The number of rotatable bonds is 2. The monoisotopic (exact) mass is 294 g/mol. The summed E-state index contributed by atoms with van der Waals surface area (Å²) in [4.78, 5) is 8.84. The van der Waals surface area contributed by atoms with E-state index in [4.69, 9.17) is 4.74 Å². The number of aromatic nitrogens is 4. The van der Waals surface area contributed by atoms with Gasteiger partial charge in [0.05, 0.1) is 12.6 Å². The third-order valence-corrected chi connectivity index (χ3v) is 3.49. The highest BCUT2D eigenvalue weighted by Crippen LogP contribution is 2.25. The predicted octanol–water partition coefficient (Wildman–Crippen LogP) is 3.09. The van der Waals surface area contributed by atoms with Gasteiger partial charge in [-0.1, -0.05) is 12.1 Å². The molecule has 0 unspecified atom stereocenters. The Morgan fingerprint density at radius 3 is 2.82 bits per heavy atom. The highest BCUT2D eigenvalue weighted by atomic mass is 19.1. The van der Waals surface area contributed by atoms with Crippen LogP contribution >= 0.6 is 0 Å². The molecule has 5 nitrogen and oxygen atoms in total. The molecule has 2 aromatic heterocycles. The standard InChI is InChI=1S/C16H11FN4O/c1-22-14-7-6-10(8-12(14)17)15-19-16-11-4-2-3-5-13(11)18-9-21(16)20-15/h2-9H,1H3. The minimum Gasteiger partial charge on any atom is -0.494 e. The summed E-state index contributed by atoms with van der Waals surface area (Å²) in [6.07, 6.45) is 1.61. The van der Waals surface area contributed by atoms with Crippen LogP contribution in [-0.2, 0) is 0 Å². The smallest absolute Gasteiger partial charge is 0.182 e. The van der Waals surface area contributed by atoms with Crippen LogP contribution in [0, 0.1) is 5.82 Å². The first-order valence-corrected chi connectivity index (χ1v) is 6.70. The fourth-order valence-corrected chi connectivity index (χ4v) is 2.41. The number of benzene rings is 2. The Balaban J connectivity index is 1.92. The number of hydrogen-bond donors (Lipinski definition) is 0. The lowest BCUT2D eigenvalue weighted by atomic mass is 10.2. The van der Waals surface area contributed by atoms with Crippen LogP contribution in [0.2, 0.25) is 0 Å². The van der Waals surface area contributed by atoms with Crippen LogP contribution in [0.15, 0.2) is 48.8 Å². The van der Waals surface area contributed by atoms with Gasteiger partial charge < -0.3 is 4.74 Å². The molecule has 0 atom stereocenters. The van der Waals surface area contributed by atoms with Crippen LogP contribution in [0.4, 0.5) is 4.39 Å². The number of hydrogen-bond acceptors (Lipinski definition) is 4. The van der Waals surface area contributed by atoms with E-state index in [1.54, 1.807) is 23.0 Å². The van der Waals surface area contributed by atoms with Crippen molar-refractivity contribution in [2.24, 2.45) is 0 Å². The van der Waals surface area contributed by atoms with Gasteiger partial charge in [-0.3, -0.25) is 0 Å². The van der Waals surface area contributed by atoms with Gasteiger partial charge in [-0.25, -0.2) is 18.9 Å². The van der Waals surface area contributed by atoms with Crippen LogP contribution < -0.4 is 4.74 Å². The molecule has 0 saturated carbocycles. The summed E-state index contributed by atoms with van der Waals surface area (Å²) in [5.74, 6) is 0.196. The molecule has 2 aromatic carbocycles. The third-order valence-electron chi connectivity index (χ3n) is 3.49. The first-order valence-electron chi connectivity index (χ1n) is 6.70. The van der Waals surface area contributed by atoms with Crippen molar-refractivity contribution < 1.29 is 9.13 Å². The van der Waals surface area contributed by atoms with Gasteiger partial charge in [0.1, 0.15) is 6.33 Å². The number of nitrogens with zero attached hydrogens (tertiary/aromatic N) is 4. The molecule has 0 aliphatic carbocycles. The van der Waals surface area contributed by atoms with Gasteiger partial charge in [0.25, 0.3) is 0 Å². The van der Waals surface area contributed by atoms with Crippen LogP contribution in [0.3, 0.4) is 0 Å². The topological polar surface area (TPSA) is 52.3 Å². The van der Waals surface area contributed by atoms with Crippen LogP contribution in [0.1, 0.15) is 0 Å². The zero-order valence-electron chi connectivity index (χ0n) is 11.7. The molecule has 22 heavy (non-hydrogen) atoms. The van der Waals surface area contributed by atoms with Gasteiger partial charge in [-0.2, -0.15) is 0 Å². The lowest BCUT2D eigenvalue weighted by Crippen LogP contribution is -1.91. The molecule has 0 bridgehead atoms. The molecule has 6 heteroatoms. The summed E-state index contributed by atoms with van der Waals surface area (Å²) in [5, 5.41) is 5.27. The van der Waals surface area contributed by atoms with Crippen molar-refractivity contribution >= 4 is 16.6 Å². The van der Waals surface area contributed by atoms with E-state index in [-0.39, 0.29) is 5.75 Å². The van der Waals surface area contributed by atoms with Crippen molar-refractivity contribution in [2.75, 3.05) is 7.11 Å². The summed E-state index contributed by atoms with van der Waals surface area (Å²) in [6, 6.07) is 12.3. The van der Waals surface area contributed by atoms with Crippen molar-refractivity contribution in [3.05, 3.63) is 54.6 Å². The molecule has 0 amide bonds. The number of fused-ring (bicyclic) bond motifs is 3. The maximum Gasteiger partial charge on any atom is 0.182 e. The highest BCUT2D eigenvalue weighted by Gasteiger charge is 2.12. The molecule has 0 saturated heterocycles. The van der Waals surface area contributed by atoms with Crippen molar-refractivity contribution in [1.82, 2.24) is 19.6 Å². The van der Waals surface area contributed by atoms with E-state index >= 15 is 0 Å². The number of ether oxygens (including phenoxy) is 1.